The molecule has 0 amide bonds. The number of ether oxygens (including phenoxy) is 2. The molecule has 0 radical (unpaired) electrons. The van der Waals surface area contributed by atoms with E-state index in [4.69, 9.17) is 14.5 Å². The lowest BCUT2D eigenvalue weighted by Crippen LogP contribution is -2.44. The van der Waals surface area contributed by atoms with E-state index in [1.54, 1.807) is 11.3 Å². The second kappa shape index (κ2) is 12.9. The van der Waals surface area contributed by atoms with Gasteiger partial charge < -0.3 is 24.6 Å². The molecule has 0 spiro atoms. The van der Waals surface area contributed by atoms with Crippen LogP contribution in [0.25, 0.3) is 11.3 Å². The number of aryl methyl sites for hydroxylation is 2. The van der Waals surface area contributed by atoms with Gasteiger partial charge in [-0.25, -0.2) is 4.98 Å². The Labute approximate surface area is 246 Å². The Kier molecular flexibility index (Phi) is 9.28. The molecule has 9 heteroatoms. The summed E-state index contributed by atoms with van der Waals surface area (Å²) in [6.07, 6.45) is 1.27. The minimum atomic E-state index is -0.697. The first kappa shape index (κ1) is 29.5. The van der Waals surface area contributed by atoms with Gasteiger partial charge in [-0.05, 0) is 81.3 Å². The number of aliphatic hydroxyl groups is 1. The number of aliphatic carboxylic acids is 1. The Bertz CT molecular complexity index is 1350. The molecule has 1 saturated heterocycles. The molecule has 1 aliphatic heterocycles. The second-order valence-electron chi connectivity index (χ2n) is 11.4. The van der Waals surface area contributed by atoms with Gasteiger partial charge in [-0.3, -0.25) is 9.69 Å². The number of nitrogens with zero attached hydrogens (tertiary/aromatic N) is 3. The van der Waals surface area contributed by atoms with Gasteiger partial charge in [0.2, 0.25) is 0 Å². The van der Waals surface area contributed by atoms with Crippen LogP contribution in [0.1, 0.15) is 48.2 Å². The van der Waals surface area contributed by atoms with E-state index in [0.29, 0.717) is 26.4 Å². The average molecular weight is 580 g/mol. The van der Waals surface area contributed by atoms with Crippen LogP contribution in [-0.4, -0.2) is 66.0 Å². The van der Waals surface area contributed by atoms with Gasteiger partial charge in [-0.15, -0.1) is 11.3 Å². The van der Waals surface area contributed by atoms with Gasteiger partial charge in [0, 0.05) is 37.2 Å². The molecule has 2 heterocycles. The first-order chi connectivity index (χ1) is 19.7. The molecule has 2 unspecified atom stereocenters. The summed E-state index contributed by atoms with van der Waals surface area (Å²) in [6.45, 7) is 9.88. The third kappa shape index (κ3) is 6.59. The zero-order valence-electron chi connectivity index (χ0n) is 24.4. The largest absolute Gasteiger partial charge is 0.488 e. The van der Waals surface area contributed by atoms with Crippen molar-refractivity contribution >= 4 is 22.4 Å². The normalized spacial score (nSPS) is 20.9. The molecular formula is C32H41N3O5S. The number of rotatable bonds is 12. The lowest BCUT2D eigenvalue weighted by Gasteiger charge is -2.35. The van der Waals surface area contributed by atoms with E-state index in [1.807, 2.05) is 56.1 Å². The minimum Gasteiger partial charge on any atom is -0.488 e. The first-order valence-corrected chi connectivity index (χ1v) is 15.4. The number of piperidine rings is 1. The quantitative estimate of drug-likeness (QED) is 0.214. The fourth-order valence-electron chi connectivity index (χ4n) is 6.21. The van der Waals surface area contributed by atoms with Gasteiger partial charge in [0.05, 0.1) is 18.2 Å². The summed E-state index contributed by atoms with van der Waals surface area (Å²) in [5, 5.41) is 23.5. The summed E-state index contributed by atoms with van der Waals surface area (Å²) >= 11 is 1.61. The number of thiazole rings is 1. The molecule has 2 aromatic carbocycles. The molecule has 2 aliphatic rings. The third-order valence-electron chi connectivity index (χ3n) is 8.55. The van der Waals surface area contributed by atoms with Crippen molar-refractivity contribution < 1.29 is 24.5 Å². The van der Waals surface area contributed by atoms with Gasteiger partial charge >= 0.3 is 5.97 Å². The van der Waals surface area contributed by atoms with Crippen molar-refractivity contribution in [3.8, 4) is 17.0 Å². The number of carboxylic acid groups (broad SMARTS) is 1. The van der Waals surface area contributed by atoms with E-state index in [2.05, 4.69) is 23.3 Å². The predicted molar refractivity (Wildman–Crippen MR) is 161 cm³/mol. The highest BCUT2D eigenvalue weighted by molar-refractivity contribution is 7.14. The number of aliphatic hydroxyl groups excluding tert-OH is 1. The molecule has 1 aliphatic carbocycles. The number of hydrogen-bond acceptors (Lipinski definition) is 8. The molecule has 2 N–H and O–H groups in total. The van der Waals surface area contributed by atoms with Crippen LogP contribution in [0.5, 0.6) is 5.75 Å². The maximum atomic E-state index is 11.8. The van der Waals surface area contributed by atoms with Crippen LogP contribution in [-0.2, 0) is 16.1 Å². The van der Waals surface area contributed by atoms with Crippen LogP contribution in [0.2, 0.25) is 0 Å². The average Bonchev–Trinajstić information content (AvgIpc) is 3.55. The number of carbonyl (C=O) groups is 1. The van der Waals surface area contributed by atoms with Crippen molar-refractivity contribution in [1.82, 2.24) is 9.88 Å². The summed E-state index contributed by atoms with van der Waals surface area (Å²) < 4.78 is 11.8. The molecule has 41 heavy (non-hydrogen) atoms. The molecule has 5 rings (SSSR count). The highest BCUT2D eigenvalue weighted by Gasteiger charge is 2.46. The van der Waals surface area contributed by atoms with Crippen molar-refractivity contribution in [2.75, 3.05) is 44.8 Å². The van der Waals surface area contributed by atoms with E-state index >= 15 is 0 Å². The fraction of sp³-hybridized carbons (Fsp3) is 0.500. The van der Waals surface area contributed by atoms with Crippen LogP contribution in [0.3, 0.4) is 0 Å². The summed E-state index contributed by atoms with van der Waals surface area (Å²) in [5.74, 6) is 0.301. The van der Waals surface area contributed by atoms with E-state index in [-0.39, 0.29) is 17.8 Å². The lowest BCUT2D eigenvalue weighted by atomic mass is 9.85. The topological polar surface area (TPSA) is 95.4 Å². The van der Waals surface area contributed by atoms with Crippen molar-refractivity contribution in [3.05, 3.63) is 64.0 Å². The van der Waals surface area contributed by atoms with Gasteiger partial charge in [0.25, 0.3) is 0 Å². The predicted octanol–water partition coefficient (Wildman–Crippen LogP) is 5.51. The van der Waals surface area contributed by atoms with Crippen LogP contribution in [0.4, 0.5) is 5.13 Å². The van der Waals surface area contributed by atoms with E-state index in [0.717, 1.165) is 70.3 Å². The van der Waals surface area contributed by atoms with Crippen LogP contribution < -0.4 is 9.64 Å². The zero-order chi connectivity index (χ0) is 29.1. The molecule has 220 valence electrons. The number of benzene rings is 2. The molecule has 4 atom stereocenters. The standard InChI is InChI=1S/C32H41N3O5S/c1-5-39-13-12-34(4)30(36)22-7-10-25(21(3)15-22)18-40-28-11-6-20(2)14-26(28)27-19-41-32(33-27)35-16-23-8-9-24(17-35)29(23)31(37)38/h6-7,10-11,14-15,19,23-24,29-30,36H,5,8-9,12-13,16-18H2,1-4H3,(H,37,38)/t23-,24+,29?,30?. The van der Waals surface area contributed by atoms with Crippen LogP contribution >= 0.6 is 11.3 Å². The Balaban J connectivity index is 1.27. The third-order valence-corrected chi connectivity index (χ3v) is 9.45. The zero-order valence-corrected chi connectivity index (χ0v) is 25.2. The van der Waals surface area contributed by atoms with E-state index in [1.165, 1.54) is 0 Å². The van der Waals surface area contributed by atoms with Gasteiger partial charge in [0.1, 0.15) is 18.6 Å². The Morgan fingerprint density at radius 1 is 1.17 bits per heavy atom. The van der Waals surface area contributed by atoms with Crippen LogP contribution in [0, 0.1) is 31.6 Å². The smallest absolute Gasteiger partial charge is 0.307 e. The Morgan fingerprint density at radius 3 is 2.61 bits per heavy atom. The van der Waals surface area contributed by atoms with Gasteiger partial charge in [-0.1, -0.05) is 29.8 Å². The SMILES string of the molecule is CCOCCN(C)C(O)c1ccc(COc2ccc(C)cc2-c2csc(N3C[C@H]4CC[C@@H](C3)C4C(=O)O)n2)c(C)c1. The highest BCUT2D eigenvalue weighted by atomic mass is 32.1. The minimum absolute atomic E-state index is 0.197. The van der Waals surface area contributed by atoms with Crippen LogP contribution in [0.15, 0.2) is 41.8 Å². The molecular weight excluding hydrogens is 538 g/mol. The maximum absolute atomic E-state index is 11.8. The second-order valence-corrected chi connectivity index (χ2v) is 12.2. The van der Waals surface area contributed by atoms with Crippen molar-refractivity contribution in [2.45, 2.75) is 46.4 Å². The number of likely N-dealkylation sites (N-methyl/N-ethyl adjacent to an activating group) is 1. The number of aromatic nitrogens is 1. The molecule has 1 saturated carbocycles. The fourth-order valence-corrected chi connectivity index (χ4v) is 7.06. The number of carboxylic acids is 1. The summed E-state index contributed by atoms with van der Waals surface area (Å²) in [5.41, 5.74) is 5.92. The van der Waals surface area contributed by atoms with E-state index < -0.39 is 12.2 Å². The Hall–Kier alpha value is -2.98. The monoisotopic (exact) mass is 579 g/mol. The lowest BCUT2D eigenvalue weighted by molar-refractivity contribution is -0.144. The number of fused-ring (bicyclic) bond motifs is 2. The van der Waals surface area contributed by atoms with Gasteiger partial charge in [-0.2, -0.15) is 0 Å². The highest BCUT2D eigenvalue weighted by Crippen LogP contribution is 2.44. The maximum Gasteiger partial charge on any atom is 0.307 e. The summed E-state index contributed by atoms with van der Waals surface area (Å²) in [6, 6.07) is 12.2. The van der Waals surface area contributed by atoms with Crippen molar-refractivity contribution in [1.29, 1.82) is 0 Å². The molecule has 3 aromatic rings. The molecule has 2 bridgehead atoms. The number of hydrogen-bond donors (Lipinski definition) is 2. The molecule has 8 nitrogen and oxygen atoms in total. The summed E-state index contributed by atoms with van der Waals surface area (Å²) in [4.78, 5) is 20.9. The molecule has 2 fully saturated rings. The Morgan fingerprint density at radius 2 is 1.93 bits per heavy atom. The summed E-state index contributed by atoms with van der Waals surface area (Å²) in [7, 11) is 1.89. The molecule has 1 aromatic heterocycles. The van der Waals surface area contributed by atoms with Crippen molar-refractivity contribution in [2.24, 2.45) is 17.8 Å². The number of anilines is 1. The first-order valence-electron chi connectivity index (χ1n) is 14.5. The van der Waals surface area contributed by atoms with E-state index in [9.17, 15) is 15.0 Å². The van der Waals surface area contributed by atoms with Gasteiger partial charge in [0.15, 0.2) is 5.13 Å². The van der Waals surface area contributed by atoms with Crippen molar-refractivity contribution in [3.63, 3.8) is 0 Å².